The SMILES string of the molecule is O=C(NCCC1CCOC1)c1csc2nc(-c3ccc(C(F)(F)F)cc3)cn12. The van der Waals surface area contributed by atoms with Crippen molar-refractivity contribution in [1.29, 1.82) is 0 Å². The maximum absolute atomic E-state index is 12.7. The number of aromatic nitrogens is 2. The number of hydrogen-bond donors (Lipinski definition) is 1. The summed E-state index contributed by atoms with van der Waals surface area (Å²) in [5.41, 5.74) is 0.854. The molecule has 0 aliphatic carbocycles. The van der Waals surface area contributed by atoms with Gasteiger partial charge in [0.2, 0.25) is 0 Å². The molecule has 0 bridgehead atoms. The summed E-state index contributed by atoms with van der Waals surface area (Å²) in [7, 11) is 0. The van der Waals surface area contributed by atoms with Crippen LogP contribution in [0.1, 0.15) is 28.9 Å². The third-order valence-corrected chi connectivity index (χ3v) is 5.65. The van der Waals surface area contributed by atoms with Crippen LogP contribution in [0.15, 0.2) is 35.8 Å². The fourth-order valence-corrected chi connectivity index (χ4v) is 4.06. The predicted octanol–water partition coefficient (Wildman–Crippen LogP) is 4.24. The maximum Gasteiger partial charge on any atom is 0.416 e. The Hall–Kier alpha value is -2.39. The summed E-state index contributed by atoms with van der Waals surface area (Å²) in [6, 6.07) is 4.84. The number of alkyl halides is 3. The Morgan fingerprint density at radius 1 is 1.32 bits per heavy atom. The van der Waals surface area contributed by atoms with E-state index in [1.54, 1.807) is 16.0 Å². The highest BCUT2D eigenvalue weighted by molar-refractivity contribution is 7.15. The summed E-state index contributed by atoms with van der Waals surface area (Å²) in [4.78, 5) is 17.5. The first-order valence-electron chi connectivity index (χ1n) is 8.92. The first-order valence-corrected chi connectivity index (χ1v) is 9.80. The van der Waals surface area contributed by atoms with E-state index >= 15 is 0 Å². The number of halogens is 3. The highest BCUT2D eigenvalue weighted by atomic mass is 32.1. The van der Waals surface area contributed by atoms with Crippen molar-refractivity contribution in [3.63, 3.8) is 0 Å². The standard InChI is InChI=1S/C19H18F3N3O2S/c20-19(21,22)14-3-1-13(2-4-14)15-9-25-16(11-28-18(25)24-15)17(26)23-7-5-12-6-8-27-10-12/h1-4,9,11-12H,5-8,10H2,(H,23,26). The van der Waals surface area contributed by atoms with Crippen LogP contribution in [0.25, 0.3) is 16.2 Å². The lowest BCUT2D eigenvalue weighted by Gasteiger charge is -2.08. The van der Waals surface area contributed by atoms with E-state index in [0.29, 0.717) is 34.4 Å². The topological polar surface area (TPSA) is 55.6 Å². The molecule has 0 radical (unpaired) electrons. The van der Waals surface area contributed by atoms with Gasteiger partial charge in [-0.05, 0) is 30.9 Å². The van der Waals surface area contributed by atoms with Gasteiger partial charge < -0.3 is 10.1 Å². The first kappa shape index (κ1) is 18.9. The summed E-state index contributed by atoms with van der Waals surface area (Å²) >= 11 is 1.31. The minimum absolute atomic E-state index is 0.193. The van der Waals surface area contributed by atoms with E-state index in [-0.39, 0.29) is 5.91 Å². The van der Waals surface area contributed by atoms with Gasteiger partial charge in [0.25, 0.3) is 5.91 Å². The predicted molar refractivity (Wildman–Crippen MR) is 99.4 cm³/mol. The molecule has 1 fully saturated rings. The molecule has 1 amide bonds. The fraction of sp³-hybridized carbons (Fsp3) is 0.368. The average molecular weight is 409 g/mol. The zero-order valence-corrected chi connectivity index (χ0v) is 15.6. The molecule has 3 heterocycles. The molecule has 1 N–H and O–H groups in total. The quantitative estimate of drug-likeness (QED) is 0.686. The van der Waals surface area contributed by atoms with Gasteiger partial charge in [0.15, 0.2) is 4.96 Å². The molecule has 0 saturated carbocycles. The highest BCUT2D eigenvalue weighted by Gasteiger charge is 2.30. The number of carbonyl (C=O) groups is 1. The molecular weight excluding hydrogens is 391 g/mol. The van der Waals surface area contributed by atoms with Gasteiger partial charge in [-0.3, -0.25) is 9.20 Å². The van der Waals surface area contributed by atoms with Gasteiger partial charge >= 0.3 is 6.18 Å². The molecule has 5 nitrogen and oxygen atoms in total. The largest absolute Gasteiger partial charge is 0.416 e. The number of carbonyl (C=O) groups excluding carboxylic acids is 1. The van der Waals surface area contributed by atoms with E-state index in [0.717, 1.165) is 38.2 Å². The molecular formula is C19H18F3N3O2S. The van der Waals surface area contributed by atoms with Crippen molar-refractivity contribution >= 4 is 22.2 Å². The van der Waals surface area contributed by atoms with E-state index in [4.69, 9.17) is 4.74 Å². The van der Waals surface area contributed by atoms with Crippen LogP contribution in [0.5, 0.6) is 0 Å². The smallest absolute Gasteiger partial charge is 0.381 e. The van der Waals surface area contributed by atoms with Crippen molar-refractivity contribution in [1.82, 2.24) is 14.7 Å². The van der Waals surface area contributed by atoms with Gasteiger partial charge in [0.05, 0.1) is 11.3 Å². The average Bonchev–Trinajstić information content (AvgIpc) is 3.38. The molecule has 1 aliphatic rings. The van der Waals surface area contributed by atoms with Gasteiger partial charge in [0, 0.05) is 36.9 Å². The van der Waals surface area contributed by atoms with Crippen LogP contribution in [-0.4, -0.2) is 35.1 Å². The lowest BCUT2D eigenvalue weighted by atomic mass is 10.1. The van der Waals surface area contributed by atoms with Gasteiger partial charge in [0.1, 0.15) is 5.69 Å². The van der Waals surface area contributed by atoms with Crippen molar-refractivity contribution in [2.75, 3.05) is 19.8 Å². The zero-order valence-electron chi connectivity index (χ0n) is 14.8. The number of thiazole rings is 1. The number of hydrogen-bond acceptors (Lipinski definition) is 4. The molecule has 28 heavy (non-hydrogen) atoms. The van der Waals surface area contributed by atoms with Crippen molar-refractivity contribution in [3.05, 3.63) is 47.1 Å². The van der Waals surface area contributed by atoms with Crippen LogP contribution in [-0.2, 0) is 10.9 Å². The summed E-state index contributed by atoms with van der Waals surface area (Å²) in [5, 5.41) is 4.64. The normalized spacial score (nSPS) is 17.3. The van der Waals surface area contributed by atoms with Crippen molar-refractivity contribution in [3.8, 4) is 11.3 Å². The molecule has 3 aromatic rings. The van der Waals surface area contributed by atoms with Crippen molar-refractivity contribution < 1.29 is 22.7 Å². The molecule has 1 aliphatic heterocycles. The van der Waals surface area contributed by atoms with Gasteiger partial charge in [-0.15, -0.1) is 11.3 Å². The summed E-state index contributed by atoms with van der Waals surface area (Å²) < 4.78 is 45.1. The Morgan fingerprint density at radius 2 is 2.11 bits per heavy atom. The highest BCUT2D eigenvalue weighted by Crippen LogP contribution is 2.31. The van der Waals surface area contributed by atoms with Crippen LogP contribution >= 0.6 is 11.3 Å². The number of benzene rings is 1. The van der Waals surface area contributed by atoms with Gasteiger partial charge in [-0.25, -0.2) is 4.98 Å². The molecule has 9 heteroatoms. The Bertz CT molecular complexity index is 973. The van der Waals surface area contributed by atoms with E-state index in [2.05, 4.69) is 10.3 Å². The Balaban J connectivity index is 1.47. The van der Waals surface area contributed by atoms with E-state index < -0.39 is 11.7 Å². The summed E-state index contributed by atoms with van der Waals surface area (Å²) in [6.45, 7) is 2.10. The van der Waals surface area contributed by atoms with Crippen molar-refractivity contribution in [2.45, 2.75) is 19.0 Å². The third kappa shape index (κ3) is 3.90. The number of nitrogens with one attached hydrogen (secondary N) is 1. The van der Waals surface area contributed by atoms with Crippen LogP contribution in [0, 0.1) is 5.92 Å². The zero-order chi connectivity index (χ0) is 19.7. The lowest BCUT2D eigenvalue weighted by Crippen LogP contribution is -2.27. The second-order valence-corrected chi connectivity index (χ2v) is 7.59. The third-order valence-electron chi connectivity index (χ3n) is 4.81. The van der Waals surface area contributed by atoms with Crippen molar-refractivity contribution in [2.24, 2.45) is 5.92 Å². The lowest BCUT2D eigenvalue weighted by molar-refractivity contribution is -0.137. The molecule has 148 valence electrons. The molecule has 2 aromatic heterocycles. The molecule has 1 unspecified atom stereocenters. The summed E-state index contributed by atoms with van der Waals surface area (Å²) in [6.07, 6.45) is -0.798. The van der Waals surface area contributed by atoms with Crippen LogP contribution in [0.4, 0.5) is 13.2 Å². The second-order valence-electron chi connectivity index (χ2n) is 6.75. The number of nitrogens with zero attached hydrogens (tertiary/aromatic N) is 2. The fourth-order valence-electron chi connectivity index (χ4n) is 3.21. The number of ether oxygens (including phenoxy) is 1. The van der Waals surface area contributed by atoms with Crippen LogP contribution in [0.3, 0.4) is 0 Å². The van der Waals surface area contributed by atoms with Crippen LogP contribution in [0.2, 0.25) is 0 Å². The molecule has 1 atom stereocenters. The molecule has 4 rings (SSSR count). The minimum Gasteiger partial charge on any atom is -0.381 e. The minimum atomic E-state index is -4.37. The Morgan fingerprint density at radius 3 is 2.79 bits per heavy atom. The number of rotatable bonds is 5. The maximum atomic E-state index is 12.7. The van der Waals surface area contributed by atoms with E-state index in [1.165, 1.54) is 23.5 Å². The molecule has 1 aromatic carbocycles. The number of imidazole rings is 1. The molecule has 0 spiro atoms. The second kappa shape index (κ2) is 7.56. The van der Waals surface area contributed by atoms with E-state index in [9.17, 15) is 18.0 Å². The van der Waals surface area contributed by atoms with Crippen LogP contribution < -0.4 is 5.32 Å². The summed E-state index contributed by atoms with van der Waals surface area (Å²) in [5.74, 6) is 0.295. The Labute approximate surface area is 163 Å². The van der Waals surface area contributed by atoms with Gasteiger partial charge in [-0.1, -0.05) is 12.1 Å². The number of amides is 1. The molecule has 1 saturated heterocycles. The van der Waals surface area contributed by atoms with Gasteiger partial charge in [-0.2, -0.15) is 13.2 Å². The number of fused-ring (bicyclic) bond motifs is 1. The monoisotopic (exact) mass is 409 g/mol. The first-order chi connectivity index (χ1) is 13.4. The Kier molecular flexibility index (Phi) is 5.11. The van der Waals surface area contributed by atoms with E-state index in [1.807, 2.05) is 0 Å².